The van der Waals surface area contributed by atoms with Gasteiger partial charge in [-0.2, -0.15) is 10.2 Å². The Balaban J connectivity index is 0.857. The van der Waals surface area contributed by atoms with E-state index in [1.54, 1.807) is 24.5 Å². The first-order valence-electron chi connectivity index (χ1n) is 24.7. The molecule has 0 saturated heterocycles. The molecule has 8 aromatic heterocycles. The Morgan fingerprint density at radius 1 is 0.597 bits per heavy atom. The van der Waals surface area contributed by atoms with Crippen molar-refractivity contribution in [3.8, 4) is 56.2 Å². The smallest absolute Gasteiger partial charge is 0.267 e. The Bertz CT molecular complexity index is 4250. The second-order valence-corrected chi connectivity index (χ2v) is 21.3. The summed E-state index contributed by atoms with van der Waals surface area (Å²) in [6.07, 6.45) is 6.22. The topological polar surface area (TPSA) is 223 Å². The third kappa shape index (κ3) is 8.77. The largest absolute Gasteiger partial charge is 0.351 e. The van der Waals surface area contributed by atoms with E-state index in [4.69, 9.17) is 19.9 Å². The number of anilines is 4. The lowest BCUT2D eigenvalue weighted by atomic mass is 9.88. The quantitative estimate of drug-likeness (QED) is 0.0545. The molecule has 0 radical (unpaired) electrons. The summed E-state index contributed by atoms with van der Waals surface area (Å²) in [4.78, 5) is 53.3. The van der Waals surface area contributed by atoms with Gasteiger partial charge in [-0.25, -0.2) is 33.1 Å². The molecule has 16 nitrogen and oxygen atoms in total. The number of benzene rings is 4. The summed E-state index contributed by atoms with van der Waals surface area (Å²) in [7, 11) is 0. The van der Waals surface area contributed by atoms with Gasteiger partial charge in [-0.1, -0.05) is 42.5 Å². The Morgan fingerprint density at radius 2 is 1.21 bits per heavy atom. The molecule has 2 amide bonds. The second-order valence-electron chi connectivity index (χ2n) is 19.5. The fourth-order valence-corrected chi connectivity index (χ4v) is 11.7. The van der Waals surface area contributed by atoms with Gasteiger partial charge in [-0.3, -0.25) is 19.8 Å². The van der Waals surface area contributed by atoms with E-state index in [1.165, 1.54) is 22.7 Å². The lowest BCUT2D eigenvalue weighted by molar-refractivity contribution is -0.0901. The number of halogens is 3. The van der Waals surface area contributed by atoms with Crippen molar-refractivity contribution in [2.75, 3.05) is 10.6 Å². The molecule has 0 spiro atoms. The van der Waals surface area contributed by atoms with Crippen molar-refractivity contribution in [2.45, 2.75) is 49.9 Å². The lowest BCUT2D eigenvalue weighted by Gasteiger charge is -2.35. The number of nitrogens with zero attached hydrogens (tertiary/aromatic N) is 6. The standard InChI is InChI=1S/C56H41F3N14O2S2/c57-35-18-37(19-35)65-54(74)45-14-29-1-3-31(16-43(29)67-45)50-70-42-11-12-76-48(42)52(72-50)69-41-10-7-28(34-24-62-63-25-34)13-39(41)40-26-77-49-47(40)71-51(73-53(49)64-36-8-5-27(6-9-36)33-22-60-61-23-33)32-4-2-30-15-46(68-44(30)17-32)55(75)66-38-20-56(58,59)21-38/h1-17,22-26,35,37-38,67-68H,18-21H2,(H,60,61)(H,62,63)(H,65,74)(H,66,75)(H,64,71,73)(H,69,70,72). The first-order valence-corrected chi connectivity index (χ1v) is 26.5. The number of carbonyl (C=O) groups excluding carboxylic acids is 2. The van der Waals surface area contributed by atoms with Gasteiger partial charge in [0.2, 0.25) is 0 Å². The number of H-pyrrole nitrogens is 4. The van der Waals surface area contributed by atoms with Crippen molar-refractivity contribution in [2.24, 2.45) is 0 Å². The summed E-state index contributed by atoms with van der Waals surface area (Å²) in [5.41, 5.74) is 11.8. The SMILES string of the molecule is O=C(NC1CC(F)C1)c1cc2ccc(-c3nc(Nc4ccc(-c5cn[nH]c5)cc4-c4csc5c(Nc6ccc(-c7cn[nH]c7)cc6)nc(-c6ccc7cc(C(=O)NC8CC(F)(F)C8)[nH]c7c6)nc45)c4sccc4n3)cc2[nH]1. The van der Waals surface area contributed by atoms with Crippen molar-refractivity contribution >= 4 is 99.7 Å². The minimum atomic E-state index is -2.76. The van der Waals surface area contributed by atoms with Crippen LogP contribution in [0.2, 0.25) is 0 Å². The molecular formula is C56H41F3N14O2S2. The normalized spacial score (nSPS) is 16.2. The van der Waals surface area contributed by atoms with E-state index in [2.05, 4.69) is 63.1 Å². The van der Waals surface area contributed by atoms with Crippen LogP contribution in [0, 0.1) is 0 Å². The predicted octanol–water partition coefficient (Wildman–Crippen LogP) is 12.7. The zero-order chi connectivity index (χ0) is 51.9. The van der Waals surface area contributed by atoms with E-state index in [9.17, 15) is 22.8 Å². The highest BCUT2D eigenvalue weighted by molar-refractivity contribution is 7.18. The number of alkyl halides is 3. The van der Waals surface area contributed by atoms with Gasteiger partial charge in [0.1, 0.15) is 17.6 Å². The number of aromatic nitrogens is 10. The number of amides is 2. The maximum atomic E-state index is 13.6. The van der Waals surface area contributed by atoms with Gasteiger partial charge in [-0.05, 0) is 83.9 Å². The summed E-state index contributed by atoms with van der Waals surface area (Å²) < 4.78 is 42.4. The summed E-state index contributed by atoms with van der Waals surface area (Å²) in [5, 5.41) is 32.7. The van der Waals surface area contributed by atoms with Gasteiger partial charge in [0.05, 0.1) is 32.8 Å². The maximum Gasteiger partial charge on any atom is 0.267 e. The Labute approximate surface area is 442 Å². The van der Waals surface area contributed by atoms with Gasteiger partial charge >= 0.3 is 0 Å². The lowest BCUT2D eigenvalue weighted by Crippen LogP contribution is -2.50. The highest BCUT2D eigenvalue weighted by Gasteiger charge is 2.46. The highest BCUT2D eigenvalue weighted by Crippen LogP contribution is 2.45. The van der Waals surface area contributed by atoms with Gasteiger partial charge in [0.15, 0.2) is 23.3 Å². The van der Waals surface area contributed by atoms with Gasteiger partial charge < -0.3 is 31.2 Å². The van der Waals surface area contributed by atoms with Gasteiger partial charge in [0, 0.05) is 109 Å². The van der Waals surface area contributed by atoms with Crippen LogP contribution in [0.4, 0.5) is 36.2 Å². The zero-order valence-corrected chi connectivity index (χ0v) is 41.8. The third-order valence-electron chi connectivity index (χ3n) is 14.2. The summed E-state index contributed by atoms with van der Waals surface area (Å²) in [6, 6.07) is 30.3. The van der Waals surface area contributed by atoms with Crippen molar-refractivity contribution in [1.29, 1.82) is 0 Å². The molecule has 8 N–H and O–H groups in total. The molecule has 0 bridgehead atoms. The van der Waals surface area contributed by atoms with E-state index in [1.807, 2.05) is 96.6 Å². The number of fused-ring (bicyclic) bond motifs is 4. The molecule has 14 rings (SSSR count). The molecule has 21 heteroatoms. The average Bonchev–Trinajstić information content (AvgIpc) is 4.30. The Morgan fingerprint density at radius 3 is 1.84 bits per heavy atom. The van der Waals surface area contributed by atoms with Gasteiger partial charge in [0.25, 0.3) is 17.7 Å². The summed E-state index contributed by atoms with van der Waals surface area (Å²) >= 11 is 3.02. The van der Waals surface area contributed by atoms with Crippen LogP contribution < -0.4 is 21.3 Å². The first-order chi connectivity index (χ1) is 37.5. The van der Waals surface area contributed by atoms with Gasteiger partial charge in [-0.15, -0.1) is 22.7 Å². The van der Waals surface area contributed by atoms with Crippen LogP contribution >= 0.6 is 22.7 Å². The molecule has 2 aliphatic carbocycles. The fraction of sp³-hybridized carbons (Fsp3) is 0.143. The van der Waals surface area contributed by atoms with E-state index in [0.29, 0.717) is 58.4 Å². The van der Waals surface area contributed by atoms with Crippen molar-refractivity contribution in [3.05, 3.63) is 144 Å². The molecule has 380 valence electrons. The molecule has 2 fully saturated rings. The van der Waals surface area contributed by atoms with Crippen LogP contribution in [-0.2, 0) is 0 Å². The first kappa shape index (κ1) is 46.3. The molecule has 12 aromatic rings. The molecule has 2 aliphatic rings. The number of hydrogen-bond acceptors (Lipinski definition) is 12. The number of thiophene rings is 2. The van der Waals surface area contributed by atoms with Crippen LogP contribution in [0.1, 0.15) is 46.7 Å². The van der Waals surface area contributed by atoms with E-state index < -0.39 is 24.0 Å². The average molecular weight is 1060 g/mol. The molecule has 0 atom stereocenters. The second kappa shape index (κ2) is 18.3. The fourth-order valence-electron chi connectivity index (χ4n) is 10.0. The third-order valence-corrected chi connectivity index (χ3v) is 16.1. The molecular weight excluding hydrogens is 1020 g/mol. The minimum absolute atomic E-state index is 0.175. The number of rotatable bonds is 13. The molecule has 2 saturated carbocycles. The van der Waals surface area contributed by atoms with E-state index in [-0.39, 0.29) is 30.5 Å². The van der Waals surface area contributed by atoms with Crippen LogP contribution in [0.3, 0.4) is 0 Å². The predicted molar refractivity (Wildman–Crippen MR) is 294 cm³/mol. The van der Waals surface area contributed by atoms with Crippen LogP contribution in [0.25, 0.3) is 98.4 Å². The summed E-state index contributed by atoms with van der Waals surface area (Å²) in [5.74, 6) is -1.44. The van der Waals surface area contributed by atoms with Crippen molar-refractivity contribution in [3.63, 3.8) is 0 Å². The molecule has 77 heavy (non-hydrogen) atoms. The van der Waals surface area contributed by atoms with Crippen molar-refractivity contribution < 1.29 is 22.8 Å². The minimum Gasteiger partial charge on any atom is -0.351 e. The van der Waals surface area contributed by atoms with Crippen LogP contribution in [0.15, 0.2) is 133 Å². The monoisotopic (exact) mass is 1060 g/mol. The molecule has 4 aromatic carbocycles. The Kier molecular flexibility index (Phi) is 11.0. The molecule has 8 heterocycles. The zero-order valence-electron chi connectivity index (χ0n) is 40.2. The number of nitrogens with one attached hydrogen (secondary N) is 8. The maximum absolute atomic E-state index is 13.6. The van der Waals surface area contributed by atoms with E-state index in [0.717, 1.165) is 81.5 Å². The molecule has 0 aliphatic heterocycles. The number of aromatic amines is 4. The van der Waals surface area contributed by atoms with Crippen LogP contribution in [-0.4, -0.2) is 86.3 Å². The molecule has 0 unspecified atom stereocenters. The van der Waals surface area contributed by atoms with Crippen molar-refractivity contribution in [1.82, 2.24) is 60.9 Å². The van der Waals surface area contributed by atoms with E-state index >= 15 is 0 Å². The highest BCUT2D eigenvalue weighted by atomic mass is 32.1. The Hall–Kier alpha value is -9.21. The van der Waals surface area contributed by atoms with Crippen LogP contribution in [0.5, 0.6) is 0 Å². The summed E-state index contributed by atoms with van der Waals surface area (Å²) in [6.45, 7) is 0. The number of hydrogen-bond donors (Lipinski definition) is 8. The number of carbonyl (C=O) groups is 2.